The van der Waals surface area contributed by atoms with Crippen LogP contribution in [0.5, 0.6) is 0 Å². The van der Waals surface area contributed by atoms with Crippen molar-refractivity contribution in [3.8, 4) is 0 Å². The highest BCUT2D eigenvalue weighted by Crippen LogP contribution is 2.19. The molecule has 1 radical (unpaired) electrons. The van der Waals surface area contributed by atoms with Gasteiger partial charge in [0.25, 0.3) is 0 Å². The van der Waals surface area contributed by atoms with Gasteiger partial charge >= 0.3 is 0 Å². The van der Waals surface area contributed by atoms with E-state index in [9.17, 15) is 9.59 Å². The highest BCUT2D eigenvalue weighted by Gasteiger charge is 2.21. The zero-order valence-electron chi connectivity index (χ0n) is 9.05. The van der Waals surface area contributed by atoms with Crippen LogP contribution in [0.1, 0.15) is 18.4 Å². The third kappa shape index (κ3) is 2.69. The lowest BCUT2D eigenvalue weighted by atomic mass is 10.0. The van der Waals surface area contributed by atoms with E-state index in [1.54, 1.807) is 12.1 Å². The van der Waals surface area contributed by atoms with Crippen LogP contribution in [0.4, 0.5) is 5.69 Å². The highest BCUT2D eigenvalue weighted by atomic mass is 16.6. The van der Waals surface area contributed by atoms with Crippen LogP contribution in [0.15, 0.2) is 29.4 Å². The molecule has 87 valence electrons. The molecule has 1 atom stereocenters. The number of hydrogen-bond acceptors (Lipinski definition) is 4. The van der Waals surface area contributed by atoms with Crippen LogP contribution in [0, 0.1) is 0 Å². The van der Waals surface area contributed by atoms with Crippen molar-refractivity contribution in [1.82, 2.24) is 0 Å². The Morgan fingerprint density at radius 1 is 1.47 bits per heavy atom. The Morgan fingerprint density at radius 3 is 2.88 bits per heavy atom. The zero-order valence-corrected chi connectivity index (χ0v) is 9.05. The van der Waals surface area contributed by atoms with Crippen molar-refractivity contribution in [3.05, 3.63) is 29.8 Å². The van der Waals surface area contributed by atoms with E-state index in [1.165, 1.54) is 0 Å². The number of carbonyl (C=O) groups excluding carboxylic acids is 2. The van der Waals surface area contributed by atoms with Gasteiger partial charge < -0.3 is 10.2 Å². The van der Waals surface area contributed by atoms with E-state index in [-0.39, 0.29) is 12.5 Å². The summed E-state index contributed by atoms with van der Waals surface area (Å²) in [5.41, 5.74) is 2.46. The summed E-state index contributed by atoms with van der Waals surface area (Å²) in [6, 6.07) is 7.26. The molecule has 0 bridgehead atoms. The van der Waals surface area contributed by atoms with Gasteiger partial charge in [0.1, 0.15) is 6.10 Å². The number of rotatable bonds is 5. The summed E-state index contributed by atoms with van der Waals surface area (Å²) in [4.78, 5) is 25.6. The van der Waals surface area contributed by atoms with Gasteiger partial charge in [-0.1, -0.05) is 17.3 Å². The minimum atomic E-state index is -0.199. The number of anilines is 1. The number of nitrogens with one attached hydrogen (secondary N) is 1. The predicted octanol–water partition coefficient (Wildman–Crippen LogP) is 1.25. The molecule has 2 rings (SSSR count). The van der Waals surface area contributed by atoms with Crippen LogP contribution in [0.3, 0.4) is 0 Å². The molecule has 0 aromatic heterocycles. The van der Waals surface area contributed by atoms with Gasteiger partial charge in [0.15, 0.2) is 0 Å². The second kappa shape index (κ2) is 5.25. The Labute approximate surface area is 98.5 Å². The van der Waals surface area contributed by atoms with Gasteiger partial charge in [0, 0.05) is 12.1 Å². The molecule has 1 unspecified atom stereocenters. The van der Waals surface area contributed by atoms with Crippen LogP contribution in [-0.2, 0) is 14.4 Å². The Bertz CT molecular complexity index is 440. The minimum Gasteiger partial charge on any atom is -0.391 e. The lowest BCUT2D eigenvalue weighted by molar-refractivity contribution is -0.105. The molecule has 0 saturated heterocycles. The van der Waals surface area contributed by atoms with E-state index in [1.807, 2.05) is 18.4 Å². The average molecular weight is 231 g/mol. The Hall–Kier alpha value is -2.17. The van der Waals surface area contributed by atoms with Gasteiger partial charge in [-0.2, -0.15) is 0 Å². The van der Waals surface area contributed by atoms with Crippen molar-refractivity contribution in [2.45, 2.75) is 18.9 Å². The van der Waals surface area contributed by atoms with Crippen molar-refractivity contribution in [1.29, 1.82) is 0 Å². The largest absolute Gasteiger partial charge is 0.391 e. The van der Waals surface area contributed by atoms with Gasteiger partial charge in [-0.05, 0) is 17.7 Å². The summed E-state index contributed by atoms with van der Waals surface area (Å²) < 4.78 is 0. The van der Waals surface area contributed by atoms with Crippen LogP contribution in [0.2, 0.25) is 0 Å². The number of oxime groups is 1. The van der Waals surface area contributed by atoms with E-state index >= 15 is 0 Å². The average Bonchev–Trinajstić information content (AvgIpc) is 2.80. The molecule has 1 aromatic carbocycles. The molecule has 1 aromatic rings. The van der Waals surface area contributed by atoms with Crippen molar-refractivity contribution in [2.24, 2.45) is 5.16 Å². The summed E-state index contributed by atoms with van der Waals surface area (Å²) >= 11 is 0. The fourth-order valence-corrected chi connectivity index (χ4v) is 1.63. The normalized spacial score (nSPS) is 18.1. The molecule has 1 heterocycles. The molecule has 0 spiro atoms. The maximum absolute atomic E-state index is 10.2. The van der Waals surface area contributed by atoms with Crippen molar-refractivity contribution in [2.75, 3.05) is 5.32 Å². The maximum atomic E-state index is 10.2. The summed E-state index contributed by atoms with van der Waals surface area (Å²) in [6.07, 6.45) is 3.08. The number of hydrogen-bond donors (Lipinski definition) is 1. The first-order chi connectivity index (χ1) is 8.33. The molecule has 0 fully saturated rings. The van der Waals surface area contributed by atoms with Gasteiger partial charge in [-0.15, -0.1) is 0 Å². The Kier molecular flexibility index (Phi) is 3.49. The minimum absolute atomic E-state index is 0.199. The summed E-state index contributed by atoms with van der Waals surface area (Å²) in [7, 11) is 0. The molecular weight excluding hydrogens is 220 g/mol. The first-order valence-corrected chi connectivity index (χ1v) is 5.22. The molecule has 0 aliphatic carbocycles. The van der Waals surface area contributed by atoms with Gasteiger partial charge in [0.05, 0.1) is 12.1 Å². The molecule has 1 aliphatic rings. The summed E-state index contributed by atoms with van der Waals surface area (Å²) in [5, 5.41) is 6.48. The first kappa shape index (κ1) is 11.3. The third-order valence-electron chi connectivity index (χ3n) is 2.49. The second-order valence-electron chi connectivity index (χ2n) is 3.66. The van der Waals surface area contributed by atoms with Crippen molar-refractivity contribution < 1.29 is 14.4 Å². The van der Waals surface area contributed by atoms with Crippen LogP contribution in [-0.4, -0.2) is 24.5 Å². The van der Waals surface area contributed by atoms with E-state index in [0.29, 0.717) is 12.8 Å². The fraction of sp³-hybridized carbons (Fsp3) is 0.250. The highest BCUT2D eigenvalue weighted by molar-refractivity contribution is 6.01. The quantitative estimate of drug-likeness (QED) is 0.775. The molecule has 5 heteroatoms. The van der Waals surface area contributed by atoms with Gasteiger partial charge in [0.2, 0.25) is 12.7 Å². The summed E-state index contributed by atoms with van der Waals surface area (Å²) in [5.74, 6) is 0. The molecule has 17 heavy (non-hydrogen) atoms. The molecule has 0 saturated carbocycles. The smallest absolute Gasteiger partial charge is 0.211 e. The molecule has 1 aliphatic heterocycles. The van der Waals surface area contributed by atoms with E-state index in [0.717, 1.165) is 17.0 Å². The molecule has 1 amide bonds. The van der Waals surface area contributed by atoms with Crippen molar-refractivity contribution >= 4 is 24.1 Å². The van der Waals surface area contributed by atoms with Gasteiger partial charge in [-0.25, -0.2) is 0 Å². The fourth-order valence-electron chi connectivity index (χ4n) is 1.63. The van der Waals surface area contributed by atoms with E-state index in [2.05, 4.69) is 10.5 Å². The number of benzene rings is 1. The zero-order chi connectivity index (χ0) is 12.1. The lowest BCUT2D eigenvalue weighted by Crippen LogP contribution is -2.08. The van der Waals surface area contributed by atoms with Crippen molar-refractivity contribution in [3.63, 3.8) is 0 Å². The molecule has 5 nitrogen and oxygen atoms in total. The van der Waals surface area contributed by atoms with Crippen LogP contribution in [0.25, 0.3) is 0 Å². The number of amides is 1. The van der Waals surface area contributed by atoms with Gasteiger partial charge in [-0.3, -0.25) is 9.59 Å². The SMILES string of the molecule is O=[C]CC1CC(c2ccc(NC=O)cc2)=NO1. The standard InChI is InChI=1S/C12H11N2O3/c15-6-5-11-7-12(14-17-11)9-1-3-10(4-2-9)13-8-16/h1-4,8,11H,5,7H2,(H,13,16). The third-order valence-corrected chi connectivity index (χ3v) is 2.49. The number of nitrogens with zero attached hydrogens (tertiary/aromatic N) is 1. The van der Waals surface area contributed by atoms with Crippen LogP contribution < -0.4 is 5.32 Å². The number of carbonyl (C=O) groups is 1. The second-order valence-corrected chi connectivity index (χ2v) is 3.66. The monoisotopic (exact) mass is 231 g/mol. The van der Waals surface area contributed by atoms with Crippen LogP contribution >= 0.6 is 0 Å². The van der Waals surface area contributed by atoms with E-state index in [4.69, 9.17) is 4.84 Å². The Morgan fingerprint density at radius 2 is 2.24 bits per heavy atom. The maximum Gasteiger partial charge on any atom is 0.211 e. The predicted molar refractivity (Wildman–Crippen MR) is 62.5 cm³/mol. The Balaban J connectivity index is 2.03. The summed E-state index contributed by atoms with van der Waals surface area (Å²) in [6.45, 7) is 0. The lowest BCUT2D eigenvalue weighted by Gasteiger charge is -2.02. The van der Waals surface area contributed by atoms with E-state index < -0.39 is 0 Å². The topological polar surface area (TPSA) is 67.8 Å². The molecule has 1 N–H and O–H groups in total. The molecular formula is C12H11N2O3. The first-order valence-electron chi connectivity index (χ1n) is 5.22.